The van der Waals surface area contributed by atoms with Gasteiger partial charge in [-0.15, -0.1) is 0 Å². The maximum atomic E-state index is 12.4. The van der Waals surface area contributed by atoms with Crippen LogP contribution in [0.3, 0.4) is 0 Å². The topological polar surface area (TPSA) is 77.0 Å². The molecule has 0 aliphatic carbocycles. The number of nitrogen functional groups attached to an aromatic ring is 1. The van der Waals surface area contributed by atoms with Crippen molar-refractivity contribution >= 4 is 11.6 Å². The molecule has 6 nitrogen and oxygen atoms in total. The number of likely N-dealkylation sites (tertiary alicyclic amines) is 1. The van der Waals surface area contributed by atoms with Gasteiger partial charge in [0.25, 0.3) is 0 Å². The number of aromatic nitrogens is 3. The molecule has 1 atom stereocenters. The van der Waals surface area contributed by atoms with Crippen LogP contribution in [0.5, 0.6) is 0 Å². The zero-order chi connectivity index (χ0) is 14.7. The van der Waals surface area contributed by atoms with E-state index in [0.717, 1.165) is 30.6 Å². The highest BCUT2D eigenvalue weighted by molar-refractivity contribution is 5.79. The Morgan fingerprint density at radius 2 is 2.14 bits per heavy atom. The lowest BCUT2D eigenvalue weighted by molar-refractivity contribution is -0.132. The fourth-order valence-corrected chi connectivity index (χ4v) is 2.73. The van der Waals surface area contributed by atoms with Crippen LogP contribution in [0.1, 0.15) is 24.4 Å². The van der Waals surface area contributed by atoms with Crippen molar-refractivity contribution in [2.24, 2.45) is 0 Å². The predicted octanol–water partition coefficient (Wildman–Crippen LogP) is 1.27. The van der Waals surface area contributed by atoms with Crippen molar-refractivity contribution in [2.45, 2.75) is 25.3 Å². The third kappa shape index (κ3) is 3.21. The molecule has 0 radical (unpaired) electrons. The van der Waals surface area contributed by atoms with E-state index in [0.29, 0.717) is 13.0 Å². The maximum absolute atomic E-state index is 12.4. The lowest BCUT2D eigenvalue weighted by atomic mass is 10.0. The number of benzene rings is 1. The molecule has 0 bridgehead atoms. The van der Waals surface area contributed by atoms with Crippen LogP contribution in [-0.4, -0.2) is 38.7 Å². The average molecular weight is 285 g/mol. The lowest BCUT2D eigenvalue weighted by Crippen LogP contribution is -2.41. The summed E-state index contributed by atoms with van der Waals surface area (Å²) in [7, 11) is 0. The van der Waals surface area contributed by atoms with Gasteiger partial charge in [-0.25, -0.2) is 9.67 Å². The van der Waals surface area contributed by atoms with E-state index in [1.807, 2.05) is 33.8 Å². The molecule has 0 spiro atoms. The lowest BCUT2D eigenvalue weighted by Gasteiger charge is -2.32. The van der Waals surface area contributed by atoms with Crippen molar-refractivity contribution in [1.29, 1.82) is 0 Å². The van der Waals surface area contributed by atoms with E-state index in [2.05, 4.69) is 10.1 Å². The first-order valence-corrected chi connectivity index (χ1v) is 7.18. The van der Waals surface area contributed by atoms with Crippen LogP contribution in [0.4, 0.5) is 5.69 Å². The molecule has 3 rings (SSSR count). The number of carbonyl (C=O) groups excluding carboxylic acids is 1. The second kappa shape index (κ2) is 5.95. The molecule has 1 aromatic heterocycles. The van der Waals surface area contributed by atoms with E-state index in [1.54, 1.807) is 6.33 Å². The van der Waals surface area contributed by atoms with Gasteiger partial charge in [0.1, 0.15) is 12.7 Å². The predicted molar refractivity (Wildman–Crippen MR) is 79.4 cm³/mol. The van der Waals surface area contributed by atoms with Crippen LogP contribution >= 0.6 is 0 Å². The molecule has 2 N–H and O–H groups in total. The molecule has 21 heavy (non-hydrogen) atoms. The molecule has 6 heteroatoms. The number of nitrogens with two attached hydrogens (primary N) is 1. The Hall–Kier alpha value is -2.37. The Balaban J connectivity index is 1.63. The Kier molecular flexibility index (Phi) is 3.85. The van der Waals surface area contributed by atoms with Crippen molar-refractivity contribution < 1.29 is 4.79 Å². The number of hydrogen-bond donors (Lipinski definition) is 1. The molecule has 1 fully saturated rings. The van der Waals surface area contributed by atoms with Crippen LogP contribution in [0.15, 0.2) is 36.9 Å². The highest BCUT2D eigenvalue weighted by Gasteiger charge is 2.25. The SMILES string of the molecule is Nc1ccc(CC(=O)N2CCCC(n3cncn3)C2)cc1. The van der Waals surface area contributed by atoms with E-state index in [4.69, 9.17) is 5.73 Å². The van der Waals surface area contributed by atoms with Gasteiger partial charge in [0, 0.05) is 18.8 Å². The molecule has 1 aliphatic rings. The van der Waals surface area contributed by atoms with Crippen LogP contribution < -0.4 is 5.73 Å². The molecule has 1 unspecified atom stereocenters. The molecule has 1 amide bonds. The summed E-state index contributed by atoms with van der Waals surface area (Å²) in [6.07, 6.45) is 5.71. The minimum Gasteiger partial charge on any atom is -0.399 e. The molecule has 2 aromatic rings. The van der Waals surface area contributed by atoms with Gasteiger partial charge in [-0.2, -0.15) is 5.10 Å². The largest absolute Gasteiger partial charge is 0.399 e. The number of piperidine rings is 1. The van der Waals surface area contributed by atoms with Gasteiger partial charge in [0.05, 0.1) is 12.5 Å². The van der Waals surface area contributed by atoms with Crippen LogP contribution in [-0.2, 0) is 11.2 Å². The third-order valence-electron chi connectivity index (χ3n) is 3.90. The summed E-state index contributed by atoms with van der Waals surface area (Å²) in [6.45, 7) is 1.52. The van der Waals surface area contributed by atoms with Crippen LogP contribution in [0.25, 0.3) is 0 Å². The summed E-state index contributed by atoms with van der Waals surface area (Å²) in [5, 5.41) is 4.18. The Morgan fingerprint density at radius 3 is 2.86 bits per heavy atom. The van der Waals surface area contributed by atoms with Gasteiger partial charge < -0.3 is 10.6 Å². The number of carbonyl (C=O) groups is 1. The second-order valence-corrected chi connectivity index (χ2v) is 5.43. The van der Waals surface area contributed by atoms with Gasteiger partial charge >= 0.3 is 0 Å². The quantitative estimate of drug-likeness (QED) is 0.861. The van der Waals surface area contributed by atoms with E-state index in [1.165, 1.54) is 6.33 Å². The fourth-order valence-electron chi connectivity index (χ4n) is 2.73. The van der Waals surface area contributed by atoms with E-state index < -0.39 is 0 Å². The Bertz CT molecular complexity index is 593. The number of amides is 1. The molecular weight excluding hydrogens is 266 g/mol. The summed E-state index contributed by atoms with van der Waals surface area (Å²) >= 11 is 0. The molecule has 1 aromatic carbocycles. The monoisotopic (exact) mass is 285 g/mol. The minimum absolute atomic E-state index is 0.157. The maximum Gasteiger partial charge on any atom is 0.227 e. The zero-order valence-electron chi connectivity index (χ0n) is 11.9. The number of rotatable bonds is 3. The number of nitrogens with zero attached hydrogens (tertiary/aromatic N) is 4. The minimum atomic E-state index is 0.157. The zero-order valence-corrected chi connectivity index (χ0v) is 11.9. The smallest absolute Gasteiger partial charge is 0.227 e. The molecule has 1 saturated heterocycles. The highest BCUT2D eigenvalue weighted by Crippen LogP contribution is 2.21. The second-order valence-electron chi connectivity index (χ2n) is 5.43. The summed E-state index contributed by atoms with van der Waals surface area (Å²) in [4.78, 5) is 18.3. The number of hydrogen-bond acceptors (Lipinski definition) is 4. The fraction of sp³-hybridized carbons (Fsp3) is 0.400. The average Bonchev–Trinajstić information content (AvgIpc) is 3.04. The summed E-state index contributed by atoms with van der Waals surface area (Å²) in [5.74, 6) is 0.157. The first-order valence-electron chi connectivity index (χ1n) is 7.18. The molecule has 110 valence electrons. The Labute approximate surface area is 123 Å². The van der Waals surface area contributed by atoms with Crippen molar-refractivity contribution in [3.8, 4) is 0 Å². The summed E-state index contributed by atoms with van der Waals surface area (Å²) in [6, 6.07) is 7.71. The summed E-state index contributed by atoms with van der Waals surface area (Å²) < 4.78 is 1.85. The standard InChI is InChI=1S/C15H19N5O/c16-13-5-3-12(4-6-13)8-15(21)19-7-1-2-14(9-19)20-11-17-10-18-20/h3-6,10-11,14H,1-2,7-9,16H2. The van der Waals surface area contributed by atoms with Crippen molar-refractivity contribution in [3.63, 3.8) is 0 Å². The molecule has 1 aliphatic heterocycles. The van der Waals surface area contributed by atoms with Crippen molar-refractivity contribution in [1.82, 2.24) is 19.7 Å². The number of anilines is 1. The van der Waals surface area contributed by atoms with E-state index in [9.17, 15) is 4.79 Å². The van der Waals surface area contributed by atoms with Gasteiger partial charge in [0.2, 0.25) is 5.91 Å². The first kappa shape index (κ1) is 13.6. The van der Waals surface area contributed by atoms with Crippen LogP contribution in [0.2, 0.25) is 0 Å². The van der Waals surface area contributed by atoms with Gasteiger partial charge in [-0.3, -0.25) is 4.79 Å². The molecule has 2 heterocycles. The van der Waals surface area contributed by atoms with Gasteiger partial charge in [0.15, 0.2) is 0 Å². The first-order chi connectivity index (χ1) is 10.2. The van der Waals surface area contributed by atoms with Crippen LogP contribution in [0, 0.1) is 0 Å². The van der Waals surface area contributed by atoms with E-state index >= 15 is 0 Å². The molecule has 0 saturated carbocycles. The Morgan fingerprint density at radius 1 is 1.33 bits per heavy atom. The third-order valence-corrected chi connectivity index (χ3v) is 3.90. The highest BCUT2D eigenvalue weighted by atomic mass is 16.2. The van der Waals surface area contributed by atoms with E-state index in [-0.39, 0.29) is 11.9 Å². The van der Waals surface area contributed by atoms with Crippen molar-refractivity contribution in [2.75, 3.05) is 18.8 Å². The van der Waals surface area contributed by atoms with Crippen molar-refractivity contribution in [3.05, 3.63) is 42.5 Å². The summed E-state index contributed by atoms with van der Waals surface area (Å²) in [5.41, 5.74) is 7.38. The normalized spacial score (nSPS) is 18.7. The van der Waals surface area contributed by atoms with Gasteiger partial charge in [-0.1, -0.05) is 12.1 Å². The van der Waals surface area contributed by atoms with Gasteiger partial charge in [-0.05, 0) is 30.5 Å². The molecular formula is C15H19N5O.